The van der Waals surface area contributed by atoms with Crippen LogP contribution in [0.2, 0.25) is 0 Å². The number of hydrogen-bond acceptors (Lipinski definition) is 3. The highest BCUT2D eigenvalue weighted by molar-refractivity contribution is 7.99. The van der Waals surface area contributed by atoms with Crippen molar-refractivity contribution in [3.8, 4) is 0 Å². The number of thioether (sulfide) groups is 1. The van der Waals surface area contributed by atoms with E-state index in [0.29, 0.717) is 11.8 Å². The molecular formula is C12H18N2S. The third kappa shape index (κ3) is 2.03. The Morgan fingerprint density at radius 3 is 2.40 bits per heavy atom. The van der Waals surface area contributed by atoms with Gasteiger partial charge in [-0.15, -0.1) is 11.8 Å². The minimum atomic E-state index is 0.429. The molecular weight excluding hydrogens is 204 g/mol. The molecule has 2 rings (SSSR count). The van der Waals surface area contributed by atoms with Crippen LogP contribution in [0.3, 0.4) is 0 Å². The molecule has 1 aliphatic rings. The summed E-state index contributed by atoms with van der Waals surface area (Å²) >= 11 is 1.92. The Labute approximate surface area is 95.9 Å². The highest BCUT2D eigenvalue weighted by atomic mass is 32.2. The fourth-order valence-electron chi connectivity index (χ4n) is 1.76. The summed E-state index contributed by atoms with van der Waals surface area (Å²) in [5.41, 5.74) is 2.54. The van der Waals surface area contributed by atoms with Crippen molar-refractivity contribution in [3.63, 3.8) is 0 Å². The molecule has 0 bridgehead atoms. The second kappa shape index (κ2) is 4.12. The normalized spacial score (nSPS) is 15.1. The van der Waals surface area contributed by atoms with Gasteiger partial charge in [-0.05, 0) is 5.92 Å². The van der Waals surface area contributed by atoms with Gasteiger partial charge in [-0.25, -0.2) is 9.97 Å². The van der Waals surface area contributed by atoms with Gasteiger partial charge in [-0.3, -0.25) is 0 Å². The van der Waals surface area contributed by atoms with Gasteiger partial charge in [-0.2, -0.15) is 0 Å². The van der Waals surface area contributed by atoms with Gasteiger partial charge >= 0.3 is 0 Å². The fraction of sp³-hybridized carbons (Fsp3) is 0.667. The molecule has 0 unspecified atom stereocenters. The zero-order valence-corrected chi connectivity index (χ0v) is 10.7. The van der Waals surface area contributed by atoms with Gasteiger partial charge < -0.3 is 0 Å². The van der Waals surface area contributed by atoms with Crippen LogP contribution in [0.1, 0.15) is 56.7 Å². The number of fused-ring (bicyclic) bond motifs is 1. The average Bonchev–Trinajstić information content (AvgIpc) is 2.62. The molecule has 0 saturated carbocycles. The average molecular weight is 222 g/mol. The SMILES string of the molecule is CC(C)c1nc2c(c(C(C)C)n1)SCC2. The summed E-state index contributed by atoms with van der Waals surface area (Å²) in [6.45, 7) is 8.75. The van der Waals surface area contributed by atoms with Crippen molar-refractivity contribution in [2.75, 3.05) is 5.75 Å². The quantitative estimate of drug-likeness (QED) is 0.767. The van der Waals surface area contributed by atoms with Crippen molar-refractivity contribution in [3.05, 3.63) is 17.2 Å². The first-order valence-corrected chi connectivity index (χ1v) is 6.61. The van der Waals surface area contributed by atoms with E-state index in [1.54, 1.807) is 0 Å². The van der Waals surface area contributed by atoms with Gasteiger partial charge in [0.25, 0.3) is 0 Å². The summed E-state index contributed by atoms with van der Waals surface area (Å²) in [7, 11) is 0. The fourth-order valence-corrected chi connectivity index (χ4v) is 3.01. The first-order valence-electron chi connectivity index (χ1n) is 5.63. The maximum atomic E-state index is 4.71. The Bertz CT molecular complexity index is 372. The Kier molecular flexibility index (Phi) is 3.01. The molecule has 0 radical (unpaired) electrons. The van der Waals surface area contributed by atoms with Crippen LogP contribution >= 0.6 is 11.8 Å². The molecule has 0 fully saturated rings. The summed E-state index contributed by atoms with van der Waals surface area (Å²) in [5, 5.41) is 0. The Hall–Kier alpha value is -0.570. The van der Waals surface area contributed by atoms with Crippen LogP contribution in [0.15, 0.2) is 4.90 Å². The van der Waals surface area contributed by atoms with Crippen LogP contribution in [0.4, 0.5) is 0 Å². The van der Waals surface area contributed by atoms with E-state index in [2.05, 4.69) is 32.7 Å². The predicted molar refractivity (Wildman–Crippen MR) is 64.6 cm³/mol. The van der Waals surface area contributed by atoms with E-state index in [4.69, 9.17) is 4.98 Å². The van der Waals surface area contributed by atoms with Gasteiger partial charge in [0.2, 0.25) is 0 Å². The van der Waals surface area contributed by atoms with E-state index >= 15 is 0 Å². The number of aryl methyl sites for hydroxylation is 1. The molecule has 82 valence electrons. The van der Waals surface area contributed by atoms with Crippen LogP contribution in [0.25, 0.3) is 0 Å². The zero-order chi connectivity index (χ0) is 11.0. The second-order valence-electron chi connectivity index (χ2n) is 4.65. The molecule has 3 heteroatoms. The van der Waals surface area contributed by atoms with Crippen molar-refractivity contribution in [2.45, 2.75) is 50.8 Å². The van der Waals surface area contributed by atoms with E-state index in [-0.39, 0.29) is 0 Å². The Balaban J connectivity index is 2.52. The zero-order valence-electron chi connectivity index (χ0n) is 9.87. The minimum absolute atomic E-state index is 0.429. The minimum Gasteiger partial charge on any atom is -0.236 e. The molecule has 2 nitrogen and oxygen atoms in total. The number of hydrogen-bond donors (Lipinski definition) is 0. The summed E-state index contributed by atoms with van der Waals surface area (Å²) in [6.07, 6.45) is 1.11. The Morgan fingerprint density at radius 2 is 1.80 bits per heavy atom. The van der Waals surface area contributed by atoms with Crippen LogP contribution < -0.4 is 0 Å². The van der Waals surface area contributed by atoms with Gasteiger partial charge in [0.15, 0.2) is 0 Å². The molecule has 0 saturated heterocycles. The maximum Gasteiger partial charge on any atom is 0.131 e. The Morgan fingerprint density at radius 1 is 1.07 bits per heavy atom. The topological polar surface area (TPSA) is 25.8 Å². The van der Waals surface area contributed by atoms with Gasteiger partial charge in [0.1, 0.15) is 5.82 Å². The third-order valence-corrected chi connectivity index (χ3v) is 3.77. The maximum absolute atomic E-state index is 4.71. The highest BCUT2D eigenvalue weighted by Crippen LogP contribution is 2.36. The van der Waals surface area contributed by atoms with Crippen LogP contribution in [-0.2, 0) is 6.42 Å². The van der Waals surface area contributed by atoms with E-state index in [1.807, 2.05) is 11.8 Å². The molecule has 2 heterocycles. The monoisotopic (exact) mass is 222 g/mol. The molecule has 0 amide bonds. The van der Waals surface area contributed by atoms with E-state index in [9.17, 15) is 0 Å². The number of nitrogens with zero attached hydrogens (tertiary/aromatic N) is 2. The largest absolute Gasteiger partial charge is 0.236 e. The predicted octanol–water partition coefficient (Wildman–Crippen LogP) is 3.37. The lowest BCUT2D eigenvalue weighted by Gasteiger charge is -2.13. The molecule has 1 aromatic heterocycles. The third-order valence-electron chi connectivity index (χ3n) is 2.63. The highest BCUT2D eigenvalue weighted by Gasteiger charge is 2.22. The van der Waals surface area contributed by atoms with Crippen molar-refractivity contribution in [2.24, 2.45) is 0 Å². The molecule has 0 atom stereocenters. The lowest BCUT2D eigenvalue weighted by atomic mass is 10.1. The molecule has 0 aliphatic carbocycles. The summed E-state index contributed by atoms with van der Waals surface area (Å²) in [4.78, 5) is 10.7. The van der Waals surface area contributed by atoms with E-state index in [1.165, 1.54) is 22.0 Å². The molecule has 0 aromatic carbocycles. The molecule has 0 N–H and O–H groups in total. The van der Waals surface area contributed by atoms with E-state index < -0.39 is 0 Å². The number of aromatic nitrogens is 2. The molecule has 0 spiro atoms. The summed E-state index contributed by atoms with van der Waals surface area (Å²) in [5.74, 6) is 3.12. The molecule has 1 aromatic rings. The summed E-state index contributed by atoms with van der Waals surface area (Å²) in [6, 6.07) is 0. The van der Waals surface area contributed by atoms with Crippen molar-refractivity contribution < 1.29 is 0 Å². The van der Waals surface area contributed by atoms with Crippen molar-refractivity contribution in [1.82, 2.24) is 9.97 Å². The van der Waals surface area contributed by atoms with Gasteiger partial charge in [0, 0.05) is 18.1 Å². The second-order valence-corrected chi connectivity index (χ2v) is 5.76. The lowest BCUT2D eigenvalue weighted by Crippen LogP contribution is -2.06. The van der Waals surface area contributed by atoms with Crippen LogP contribution in [0.5, 0.6) is 0 Å². The van der Waals surface area contributed by atoms with Gasteiger partial charge in [-0.1, -0.05) is 27.7 Å². The van der Waals surface area contributed by atoms with E-state index in [0.717, 1.165) is 12.2 Å². The van der Waals surface area contributed by atoms with Crippen molar-refractivity contribution >= 4 is 11.8 Å². The summed E-state index contributed by atoms with van der Waals surface area (Å²) < 4.78 is 0. The first kappa shape index (κ1) is 10.9. The molecule has 1 aliphatic heterocycles. The van der Waals surface area contributed by atoms with Gasteiger partial charge in [0.05, 0.1) is 16.3 Å². The lowest BCUT2D eigenvalue weighted by molar-refractivity contribution is 0.696. The molecule has 15 heavy (non-hydrogen) atoms. The van der Waals surface area contributed by atoms with Crippen LogP contribution in [0, 0.1) is 0 Å². The standard InChI is InChI=1S/C12H18N2S/c1-7(2)10-11-9(5-6-15-11)13-12(14-10)8(3)4/h7-8H,5-6H2,1-4H3. The van der Waals surface area contributed by atoms with Crippen molar-refractivity contribution in [1.29, 1.82) is 0 Å². The first-order chi connectivity index (χ1) is 7.09. The number of rotatable bonds is 2. The van der Waals surface area contributed by atoms with Crippen LogP contribution in [-0.4, -0.2) is 15.7 Å². The smallest absolute Gasteiger partial charge is 0.131 e.